The van der Waals surface area contributed by atoms with Crippen molar-refractivity contribution in [2.24, 2.45) is 0 Å². The Morgan fingerprint density at radius 2 is 1.96 bits per heavy atom. The van der Waals surface area contributed by atoms with Gasteiger partial charge in [-0.1, -0.05) is 24.3 Å². The molecule has 4 aromatic rings. The number of aromatic nitrogens is 4. The monoisotopic (exact) mass is 347 g/mol. The molecular formula is C19H17N5O2. The molecule has 1 atom stereocenters. The van der Waals surface area contributed by atoms with Crippen LogP contribution >= 0.6 is 0 Å². The first-order chi connectivity index (χ1) is 12.6. The molecule has 0 fully saturated rings. The SMILES string of the molecule is CC(NC(=O)Cn1ncc(=O)c2ccccc21)c1nc2ccccc2[nH]1. The van der Waals surface area contributed by atoms with Crippen LogP contribution in [-0.4, -0.2) is 25.7 Å². The van der Waals surface area contributed by atoms with Crippen molar-refractivity contribution in [2.45, 2.75) is 19.5 Å². The minimum atomic E-state index is -0.277. The highest BCUT2D eigenvalue weighted by Crippen LogP contribution is 2.15. The number of aromatic amines is 1. The highest BCUT2D eigenvalue weighted by molar-refractivity contribution is 5.82. The lowest BCUT2D eigenvalue weighted by molar-refractivity contribution is -0.122. The Kier molecular flexibility index (Phi) is 3.96. The maximum absolute atomic E-state index is 12.4. The van der Waals surface area contributed by atoms with Gasteiger partial charge in [0.05, 0.1) is 28.8 Å². The summed E-state index contributed by atoms with van der Waals surface area (Å²) in [6.07, 6.45) is 1.23. The summed E-state index contributed by atoms with van der Waals surface area (Å²) >= 11 is 0. The van der Waals surface area contributed by atoms with Crippen molar-refractivity contribution in [3.05, 3.63) is 70.8 Å². The summed E-state index contributed by atoms with van der Waals surface area (Å²) in [5.74, 6) is 0.483. The average molecular weight is 347 g/mol. The quantitative estimate of drug-likeness (QED) is 0.592. The molecule has 26 heavy (non-hydrogen) atoms. The summed E-state index contributed by atoms with van der Waals surface area (Å²) in [6, 6.07) is 14.5. The standard InChI is InChI=1S/C19H17N5O2/c1-12(19-22-14-7-3-4-8-15(14)23-19)21-18(26)11-24-16-9-5-2-6-13(16)17(25)10-20-24/h2-10,12H,11H2,1H3,(H,21,26)(H,22,23). The highest BCUT2D eigenvalue weighted by atomic mass is 16.2. The Hall–Kier alpha value is -3.48. The van der Waals surface area contributed by atoms with E-state index >= 15 is 0 Å². The summed E-state index contributed by atoms with van der Waals surface area (Å²) < 4.78 is 1.53. The molecule has 130 valence electrons. The molecule has 1 amide bonds. The number of rotatable bonds is 4. The Labute approximate surface area is 148 Å². The number of imidazole rings is 1. The zero-order chi connectivity index (χ0) is 18.1. The lowest BCUT2D eigenvalue weighted by atomic mass is 10.2. The Morgan fingerprint density at radius 3 is 2.81 bits per heavy atom. The fourth-order valence-electron chi connectivity index (χ4n) is 2.96. The number of hydrogen-bond acceptors (Lipinski definition) is 4. The van der Waals surface area contributed by atoms with Crippen molar-refractivity contribution in [1.29, 1.82) is 0 Å². The third-order valence-electron chi connectivity index (χ3n) is 4.25. The van der Waals surface area contributed by atoms with Gasteiger partial charge in [-0.05, 0) is 31.2 Å². The maximum Gasteiger partial charge on any atom is 0.242 e. The third kappa shape index (κ3) is 2.95. The number of hydrogen-bond donors (Lipinski definition) is 2. The molecule has 0 saturated heterocycles. The van der Waals surface area contributed by atoms with E-state index in [1.807, 2.05) is 37.3 Å². The van der Waals surface area contributed by atoms with Crippen molar-refractivity contribution < 1.29 is 4.79 Å². The summed E-state index contributed by atoms with van der Waals surface area (Å²) in [6.45, 7) is 1.89. The van der Waals surface area contributed by atoms with Crippen LogP contribution in [0.25, 0.3) is 21.9 Å². The first-order valence-electron chi connectivity index (χ1n) is 8.31. The van der Waals surface area contributed by atoms with Gasteiger partial charge in [0.25, 0.3) is 0 Å². The number of nitrogens with zero attached hydrogens (tertiary/aromatic N) is 3. The fraction of sp³-hybridized carbons (Fsp3) is 0.158. The number of fused-ring (bicyclic) bond motifs is 2. The number of H-pyrrole nitrogens is 1. The fourth-order valence-corrected chi connectivity index (χ4v) is 2.96. The number of carbonyl (C=O) groups excluding carboxylic acids is 1. The largest absolute Gasteiger partial charge is 0.345 e. The summed E-state index contributed by atoms with van der Waals surface area (Å²) in [5.41, 5.74) is 2.26. The van der Waals surface area contributed by atoms with Crippen molar-refractivity contribution in [1.82, 2.24) is 25.1 Å². The van der Waals surface area contributed by atoms with E-state index in [2.05, 4.69) is 20.4 Å². The van der Waals surface area contributed by atoms with Gasteiger partial charge in [0.15, 0.2) is 0 Å². The molecule has 2 heterocycles. The van der Waals surface area contributed by atoms with E-state index in [-0.39, 0.29) is 23.9 Å². The molecule has 2 aromatic heterocycles. The van der Waals surface area contributed by atoms with E-state index in [9.17, 15) is 9.59 Å². The second-order valence-electron chi connectivity index (χ2n) is 6.11. The molecule has 7 nitrogen and oxygen atoms in total. The Balaban J connectivity index is 1.54. The van der Waals surface area contributed by atoms with Gasteiger partial charge >= 0.3 is 0 Å². The predicted octanol–water partition coefficient (Wildman–Crippen LogP) is 2.15. The van der Waals surface area contributed by atoms with Crippen molar-refractivity contribution in [2.75, 3.05) is 0 Å². The molecular weight excluding hydrogens is 330 g/mol. The van der Waals surface area contributed by atoms with Crippen LogP contribution in [0, 0.1) is 0 Å². The van der Waals surface area contributed by atoms with Crippen LogP contribution in [0.5, 0.6) is 0 Å². The molecule has 0 aliphatic heterocycles. The second-order valence-corrected chi connectivity index (χ2v) is 6.11. The zero-order valence-corrected chi connectivity index (χ0v) is 14.1. The molecule has 7 heteroatoms. The van der Waals surface area contributed by atoms with Gasteiger partial charge in [0.1, 0.15) is 12.4 Å². The van der Waals surface area contributed by atoms with Crippen LogP contribution in [0.3, 0.4) is 0 Å². The summed E-state index contributed by atoms with van der Waals surface area (Å²) in [5, 5.41) is 7.54. The van der Waals surface area contributed by atoms with Gasteiger partial charge < -0.3 is 10.3 Å². The lowest BCUT2D eigenvalue weighted by Crippen LogP contribution is -2.31. The van der Waals surface area contributed by atoms with Crippen LogP contribution in [0.2, 0.25) is 0 Å². The molecule has 0 saturated carbocycles. The predicted molar refractivity (Wildman–Crippen MR) is 98.7 cm³/mol. The Morgan fingerprint density at radius 1 is 1.19 bits per heavy atom. The molecule has 2 aromatic carbocycles. The summed E-state index contributed by atoms with van der Waals surface area (Å²) in [7, 11) is 0. The third-order valence-corrected chi connectivity index (χ3v) is 4.25. The molecule has 0 spiro atoms. The van der Waals surface area contributed by atoms with Crippen LogP contribution in [0.15, 0.2) is 59.5 Å². The van der Waals surface area contributed by atoms with Crippen LogP contribution in [0.4, 0.5) is 0 Å². The number of nitrogens with one attached hydrogen (secondary N) is 2. The van der Waals surface area contributed by atoms with E-state index in [1.165, 1.54) is 10.9 Å². The molecule has 0 aliphatic rings. The number of amides is 1. The van der Waals surface area contributed by atoms with Crippen LogP contribution in [0.1, 0.15) is 18.8 Å². The topological polar surface area (TPSA) is 92.7 Å². The summed E-state index contributed by atoms with van der Waals surface area (Å²) in [4.78, 5) is 32.0. The number of carbonyl (C=O) groups is 1. The van der Waals surface area contributed by atoms with Gasteiger partial charge in [-0.15, -0.1) is 0 Å². The van der Waals surface area contributed by atoms with E-state index < -0.39 is 0 Å². The van der Waals surface area contributed by atoms with Crippen LogP contribution in [-0.2, 0) is 11.3 Å². The van der Waals surface area contributed by atoms with E-state index in [4.69, 9.17) is 0 Å². The lowest BCUT2D eigenvalue weighted by Gasteiger charge is -2.13. The van der Waals surface area contributed by atoms with E-state index in [0.717, 1.165) is 11.0 Å². The normalized spacial score (nSPS) is 12.3. The molecule has 4 rings (SSSR count). The molecule has 0 aliphatic carbocycles. The molecule has 1 unspecified atom stereocenters. The average Bonchev–Trinajstić information content (AvgIpc) is 3.09. The van der Waals surface area contributed by atoms with Gasteiger partial charge in [0, 0.05) is 5.39 Å². The molecule has 2 N–H and O–H groups in total. The smallest absolute Gasteiger partial charge is 0.242 e. The maximum atomic E-state index is 12.4. The Bertz CT molecular complexity index is 1130. The number of para-hydroxylation sites is 3. The van der Waals surface area contributed by atoms with E-state index in [1.54, 1.807) is 18.2 Å². The number of benzene rings is 2. The van der Waals surface area contributed by atoms with Crippen molar-refractivity contribution in [3.63, 3.8) is 0 Å². The van der Waals surface area contributed by atoms with Gasteiger partial charge in [-0.3, -0.25) is 14.3 Å². The van der Waals surface area contributed by atoms with Crippen molar-refractivity contribution in [3.8, 4) is 0 Å². The highest BCUT2D eigenvalue weighted by Gasteiger charge is 2.15. The minimum absolute atomic E-state index is 0.0192. The molecule has 0 bridgehead atoms. The van der Waals surface area contributed by atoms with E-state index in [0.29, 0.717) is 16.7 Å². The van der Waals surface area contributed by atoms with Crippen molar-refractivity contribution >= 4 is 27.8 Å². The van der Waals surface area contributed by atoms with Gasteiger partial charge in [-0.25, -0.2) is 4.98 Å². The zero-order valence-electron chi connectivity index (χ0n) is 14.1. The second kappa shape index (κ2) is 6.44. The molecule has 0 radical (unpaired) electrons. The minimum Gasteiger partial charge on any atom is -0.345 e. The van der Waals surface area contributed by atoms with Gasteiger partial charge in [-0.2, -0.15) is 5.10 Å². The first-order valence-corrected chi connectivity index (χ1v) is 8.31. The van der Waals surface area contributed by atoms with Crippen LogP contribution < -0.4 is 10.7 Å². The van der Waals surface area contributed by atoms with Gasteiger partial charge in [0.2, 0.25) is 11.3 Å². The first kappa shape index (κ1) is 16.0.